The molecule has 3 nitrogen and oxygen atoms in total. The predicted molar refractivity (Wildman–Crippen MR) is 85.4 cm³/mol. The molecule has 20 heavy (non-hydrogen) atoms. The second-order valence-electron chi connectivity index (χ2n) is 4.71. The summed E-state index contributed by atoms with van der Waals surface area (Å²) in [6.45, 7) is 2.41. The lowest BCUT2D eigenvalue weighted by molar-refractivity contribution is 0.101. The smallest absolute Gasteiger partial charge is 0.161 e. The molecular weight excluding hydrogens is 316 g/mol. The fraction of sp³-hybridized carbons (Fsp3) is 0.250. The molecule has 1 aromatic heterocycles. The summed E-state index contributed by atoms with van der Waals surface area (Å²) in [5.41, 5.74) is 2.75. The number of halogens is 1. The van der Waals surface area contributed by atoms with Gasteiger partial charge in [-0.2, -0.15) is 0 Å². The van der Waals surface area contributed by atoms with Gasteiger partial charge in [-0.25, -0.2) is 0 Å². The van der Waals surface area contributed by atoms with E-state index in [1.54, 1.807) is 13.1 Å². The van der Waals surface area contributed by atoms with Gasteiger partial charge in [0.2, 0.25) is 0 Å². The summed E-state index contributed by atoms with van der Waals surface area (Å²) in [7, 11) is 2.00. The van der Waals surface area contributed by atoms with Gasteiger partial charge in [0.05, 0.1) is 0 Å². The Labute approximate surface area is 127 Å². The molecule has 0 N–H and O–H groups in total. The Morgan fingerprint density at radius 1 is 1.30 bits per heavy atom. The molecule has 0 amide bonds. The van der Waals surface area contributed by atoms with E-state index in [-0.39, 0.29) is 5.78 Å². The molecule has 4 heteroatoms. The number of hydrogen-bond acceptors (Lipinski definition) is 3. The van der Waals surface area contributed by atoms with E-state index in [1.807, 2.05) is 43.4 Å². The van der Waals surface area contributed by atoms with Crippen molar-refractivity contribution in [1.82, 2.24) is 4.98 Å². The van der Waals surface area contributed by atoms with Crippen molar-refractivity contribution in [2.45, 2.75) is 13.3 Å². The number of hydrogen-bond donors (Lipinski definition) is 0. The third-order valence-corrected chi connectivity index (χ3v) is 3.67. The highest BCUT2D eigenvalue weighted by Gasteiger charge is 2.11. The van der Waals surface area contributed by atoms with Gasteiger partial charge in [0.15, 0.2) is 5.78 Å². The number of nitrogens with zero attached hydrogens (tertiary/aromatic N) is 2. The highest BCUT2D eigenvalue weighted by molar-refractivity contribution is 9.10. The maximum atomic E-state index is 11.7. The first-order valence-corrected chi connectivity index (χ1v) is 7.29. The van der Waals surface area contributed by atoms with Gasteiger partial charge in [0.1, 0.15) is 0 Å². The third-order valence-electron chi connectivity index (χ3n) is 3.18. The van der Waals surface area contributed by atoms with Gasteiger partial charge < -0.3 is 4.90 Å². The first-order valence-electron chi connectivity index (χ1n) is 6.49. The number of rotatable bonds is 5. The predicted octanol–water partition coefficient (Wildman–Crippen LogP) is 3.73. The summed E-state index contributed by atoms with van der Waals surface area (Å²) in [5.74, 6) is 0.0750. The Morgan fingerprint density at radius 3 is 2.75 bits per heavy atom. The molecule has 0 saturated heterocycles. The molecule has 0 bridgehead atoms. The van der Waals surface area contributed by atoms with Crippen molar-refractivity contribution in [3.63, 3.8) is 0 Å². The van der Waals surface area contributed by atoms with Crippen molar-refractivity contribution in [3.8, 4) is 0 Å². The van der Waals surface area contributed by atoms with Gasteiger partial charge in [-0.1, -0.05) is 22.0 Å². The molecule has 0 unspecified atom stereocenters. The van der Waals surface area contributed by atoms with Crippen LogP contribution in [0.15, 0.2) is 47.1 Å². The van der Waals surface area contributed by atoms with Crippen LogP contribution in [-0.4, -0.2) is 24.4 Å². The fourth-order valence-electron chi connectivity index (χ4n) is 2.07. The largest absolute Gasteiger partial charge is 0.374 e. The number of benzene rings is 1. The number of likely N-dealkylation sites (N-methyl/N-ethyl adjacent to an activating group) is 1. The molecule has 0 spiro atoms. The van der Waals surface area contributed by atoms with Crippen molar-refractivity contribution >= 4 is 27.4 Å². The van der Waals surface area contributed by atoms with Gasteiger partial charge in [-0.3, -0.25) is 9.78 Å². The van der Waals surface area contributed by atoms with E-state index >= 15 is 0 Å². The highest BCUT2D eigenvalue weighted by Crippen LogP contribution is 2.24. The van der Waals surface area contributed by atoms with Crippen LogP contribution in [0.3, 0.4) is 0 Å². The van der Waals surface area contributed by atoms with Gasteiger partial charge in [-0.05, 0) is 37.3 Å². The third kappa shape index (κ3) is 3.67. The minimum atomic E-state index is 0.0750. The summed E-state index contributed by atoms with van der Waals surface area (Å²) in [5, 5.41) is 0. The van der Waals surface area contributed by atoms with Crippen molar-refractivity contribution in [2.75, 3.05) is 18.5 Å². The number of pyridine rings is 1. The molecule has 0 aliphatic heterocycles. The van der Waals surface area contributed by atoms with E-state index in [9.17, 15) is 4.79 Å². The lowest BCUT2D eigenvalue weighted by Crippen LogP contribution is -2.22. The molecule has 0 radical (unpaired) electrons. The summed E-state index contributed by atoms with van der Waals surface area (Å²) in [6, 6.07) is 11.7. The minimum Gasteiger partial charge on any atom is -0.374 e. The quantitative estimate of drug-likeness (QED) is 0.782. The Hall–Kier alpha value is -1.68. The summed E-state index contributed by atoms with van der Waals surface area (Å²) in [6.07, 6.45) is 2.65. The highest BCUT2D eigenvalue weighted by atomic mass is 79.9. The summed E-state index contributed by atoms with van der Waals surface area (Å²) >= 11 is 3.41. The minimum absolute atomic E-state index is 0.0750. The van der Waals surface area contributed by atoms with Crippen LogP contribution in [0.2, 0.25) is 0 Å². The Balaban J connectivity index is 2.13. The number of ketones is 1. The van der Waals surface area contributed by atoms with Crippen molar-refractivity contribution in [1.29, 1.82) is 0 Å². The monoisotopic (exact) mass is 332 g/mol. The average molecular weight is 333 g/mol. The van der Waals surface area contributed by atoms with Crippen LogP contribution in [0.4, 0.5) is 5.69 Å². The van der Waals surface area contributed by atoms with E-state index < -0.39 is 0 Å². The lowest BCUT2D eigenvalue weighted by atomic mass is 10.1. The molecule has 1 aromatic carbocycles. The molecule has 0 aliphatic carbocycles. The van der Waals surface area contributed by atoms with Crippen molar-refractivity contribution < 1.29 is 4.79 Å². The Bertz CT molecular complexity index is 599. The van der Waals surface area contributed by atoms with Crippen molar-refractivity contribution in [2.24, 2.45) is 0 Å². The van der Waals surface area contributed by atoms with E-state index in [1.165, 1.54) is 0 Å². The molecule has 1 heterocycles. The summed E-state index contributed by atoms with van der Waals surface area (Å²) < 4.78 is 0.921. The maximum Gasteiger partial charge on any atom is 0.161 e. The zero-order valence-corrected chi connectivity index (χ0v) is 13.2. The van der Waals surface area contributed by atoms with E-state index in [0.29, 0.717) is 0 Å². The average Bonchev–Trinajstić information content (AvgIpc) is 2.45. The fourth-order valence-corrected chi connectivity index (χ4v) is 2.43. The maximum absolute atomic E-state index is 11.7. The number of Topliss-reactive ketones (excluding diaryl/α,β-unsaturated/α-hetero) is 1. The van der Waals surface area contributed by atoms with E-state index in [0.717, 1.165) is 34.4 Å². The number of carbonyl (C=O) groups excluding carboxylic acids is 1. The first-order chi connectivity index (χ1) is 9.58. The topological polar surface area (TPSA) is 33.2 Å². The Morgan fingerprint density at radius 2 is 2.10 bits per heavy atom. The van der Waals surface area contributed by atoms with Crippen LogP contribution in [0.25, 0.3) is 0 Å². The zero-order valence-electron chi connectivity index (χ0n) is 11.6. The first kappa shape index (κ1) is 14.7. The second-order valence-corrected chi connectivity index (χ2v) is 5.63. The lowest BCUT2D eigenvalue weighted by Gasteiger charge is -2.21. The molecule has 0 atom stereocenters. The molecule has 104 valence electrons. The normalized spacial score (nSPS) is 10.3. The Kier molecular flexibility index (Phi) is 4.90. The number of carbonyl (C=O) groups is 1. The van der Waals surface area contributed by atoms with Crippen LogP contribution in [0.5, 0.6) is 0 Å². The van der Waals surface area contributed by atoms with Gasteiger partial charge in [0, 0.05) is 47.6 Å². The van der Waals surface area contributed by atoms with Crippen molar-refractivity contribution in [3.05, 3.63) is 58.3 Å². The van der Waals surface area contributed by atoms with E-state index in [4.69, 9.17) is 0 Å². The van der Waals surface area contributed by atoms with Gasteiger partial charge >= 0.3 is 0 Å². The SMILES string of the molecule is CC(=O)c1cc(Br)ccc1N(C)CCc1ccccn1. The molecule has 0 fully saturated rings. The second kappa shape index (κ2) is 6.66. The standard InChI is InChI=1S/C16H17BrN2O/c1-12(20)15-11-13(17)6-7-16(15)19(2)10-8-14-5-3-4-9-18-14/h3-7,9,11H,8,10H2,1-2H3. The van der Waals surface area contributed by atoms with Crippen LogP contribution in [-0.2, 0) is 6.42 Å². The molecule has 2 rings (SSSR count). The zero-order chi connectivity index (χ0) is 14.5. The van der Waals surface area contributed by atoms with Crippen LogP contribution < -0.4 is 4.90 Å². The van der Waals surface area contributed by atoms with Crippen LogP contribution in [0.1, 0.15) is 23.0 Å². The number of anilines is 1. The molecule has 0 saturated carbocycles. The van der Waals surface area contributed by atoms with Crippen LogP contribution in [0, 0.1) is 0 Å². The van der Waals surface area contributed by atoms with Gasteiger partial charge in [0.25, 0.3) is 0 Å². The molecule has 2 aromatic rings. The van der Waals surface area contributed by atoms with E-state index in [2.05, 4.69) is 25.8 Å². The summed E-state index contributed by atoms with van der Waals surface area (Å²) in [4.78, 5) is 18.1. The van der Waals surface area contributed by atoms with Crippen LogP contribution >= 0.6 is 15.9 Å². The molecular formula is C16H17BrN2O. The van der Waals surface area contributed by atoms with Gasteiger partial charge in [-0.15, -0.1) is 0 Å². The number of aromatic nitrogens is 1. The molecule has 0 aliphatic rings.